The molecule has 4 atom stereocenters. The van der Waals surface area contributed by atoms with Gasteiger partial charge in [-0.05, 0) is 51.0 Å². The third-order valence-electron chi connectivity index (χ3n) is 4.69. The van der Waals surface area contributed by atoms with Crippen molar-refractivity contribution in [2.75, 3.05) is 13.1 Å². The largest absolute Gasteiger partial charge is 0.462 e. The first-order valence-corrected chi connectivity index (χ1v) is 6.93. The van der Waals surface area contributed by atoms with Crippen LogP contribution in [0.3, 0.4) is 0 Å². The highest BCUT2D eigenvalue weighted by Gasteiger charge is 2.39. The summed E-state index contributed by atoms with van der Waals surface area (Å²) < 4.78 is 5.72. The van der Waals surface area contributed by atoms with Crippen LogP contribution >= 0.6 is 0 Å². The Kier molecular flexibility index (Phi) is 3.76. The van der Waals surface area contributed by atoms with Crippen LogP contribution in [-0.2, 0) is 9.53 Å². The summed E-state index contributed by atoms with van der Waals surface area (Å²) in [5, 5.41) is 3.25. The SMILES string of the molecule is CC1CCC(OC(=O)C2(C)CCNC2)CC1C. The summed E-state index contributed by atoms with van der Waals surface area (Å²) in [4.78, 5) is 12.2. The zero-order valence-electron chi connectivity index (χ0n) is 11.3. The van der Waals surface area contributed by atoms with E-state index in [9.17, 15) is 4.79 Å². The number of carbonyl (C=O) groups excluding carboxylic acids is 1. The van der Waals surface area contributed by atoms with Crippen molar-refractivity contribution in [3.8, 4) is 0 Å². The molecule has 1 aliphatic carbocycles. The summed E-state index contributed by atoms with van der Waals surface area (Å²) in [7, 11) is 0. The van der Waals surface area contributed by atoms with Crippen LogP contribution in [0.5, 0.6) is 0 Å². The number of hydrogen-bond donors (Lipinski definition) is 1. The van der Waals surface area contributed by atoms with Crippen LogP contribution in [0.25, 0.3) is 0 Å². The average molecular weight is 239 g/mol. The van der Waals surface area contributed by atoms with Crippen LogP contribution in [0, 0.1) is 17.3 Å². The van der Waals surface area contributed by atoms with Gasteiger partial charge in [-0.15, -0.1) is 0 Å². The van der Waals surface area contributed by atoms with Gasteiger partial charge in [0, 0.05) is 6.54 Å². The van der Waals surface area contributed by atoms with Gasteiger partial charge in [0.1, 0.15) is 6.10 Å². The second-order valence-corrected chi connectivity index (χ2v) is 6.28. The maximum absolute atomic E-state index is 12.2. The van der Waals surface area contributed by atoms with Gasteiger partial charge in [0.25, 0.3) is 0 Å². The predicted molar refractivity (Wildman–Crippen MR) is 67.7 cm³/mol. The first-order chi connectivity index (χ1) is 8.01. The highest BCUT2D eigenvalue weighted by molar-refractivity contribution is 5.77. The number of nitrogens with one attached hydrogen (secondary N) is 1. The molecule has 0 aromatic carbocycles. The molecule has 1 saturated heterocycles. The molecule has 1 heterocycles. The Morgan fingerprint density at radius 3 is 2.65 bits per heavy atom. The van der Waals surface area contributed by atoms with Crippen molar-refractivity contribution in [2.24, 2.45) is 17.3 Å². The summed E-state index contributed by atoms with van der Waals surface area (Å²) >= 11 is 0. The molecular formula is C14H25NO2. The molecule has 2 rings (SSSR count). The van der Waals surface area contributed by atoms with E-state index < -0.39 is 0 Å². The van der Waals surface area contributed by atoms with Crippen molar-refractivity contribution < 1.29 is 9.53 Å². The van der Waals surface area contributed by atoms with E-state index in [0.717, 1.165) is 38.3 Å². The van der Waals surface area contributed by atoms with Crippen molar-refractivity contribution in [3.63, 3.8) is 0 Å². The molecular weight excluding hydrogens is 214 g/mol. The van der Waals surface area contributed by atoms with E-state index in [-0.39, 0.29) is 17.5 Å². The molecule has 0 amide bonds. The topological polar surface area (TPSA) is 38.3 Å². The lowest BCUT2D eigenvalue weighted by atomic mass is 9.80. The van der Waals surface area contributed by atoms with E-state index in [0.29, 0.717) is 5.92 Å². The van der Waals surface area contributed by atoms with Crippen molar-refractivity contribution in [3.05, 3.63) is 0 Å². The number of carbonyl (C=O) groups is 1. The molecule has 4 unspecified atom stereocenters. The molecule has 1 saturated carbocycles. The van der Waals surface area contributed by atoms with Crippen LogP contribution in [0.1, 0.15) is 46.5 Å². The van der Waals surface area contributed by atoms with E-state index in [1.807, 2.05) is 6.92 Å². The Hall–Kier alpha value is -0.570. The molecule has 17 heavy (non-hydrogen) atoms. The molecule has 2 aliphatic rings. The van der Waals surface area contributed by atoms with E-state index in [2.05, 4.69) is 19.2 Å². The summed E-state index contributed by atoms with van der Waals surface area (Å²) in [5.41, 5.74) is -0.285. The third-order valence-corrected chi connectivity index (χ3v) is 4.69. The minimum absolute atomic E-state index is 0.00857. The van der Waals surface area contributed by atoms with Gasteiger partial charge in [0.2, 0.25) is 0 Å². The predicted octanol–water partition coefficient (Wildman–Crippen LogP) is 2.35. The smallest absolute Gasteiger partial charge is 0.313 e. The Morgan fingerprint density at radius 2 is 2.06 bits per heavy atom. The highest BCUT2D eigenvalue weighted by Crippen LogP contribution is 2.33. The molecule has 0 aromatic heterocycles. The lowest BCUT2D eigenvalue weighted by molar-refractivity contribution is -0.162. The van der Waals surface area contributed by atoms with Gasteiger partial charge in [-0.3, -0.25) is 4.79 Å². The quantitative estimate of drug-likeness (QED) is 0.752. The first-order valence-electron chi connectivity index (χ1n) is 6.93. The number of rotatable bonds is 2. The molecule has 1 N–H and O–H groups in total. The van der Waals surface area contributed by atoms with E-state index >= 15 is 0 Å². The third kappa shape index (κ3) is 2.82. The van der Waals surface area contributed by atoms with E-state index in [1.165, 1.54) is 6.42 Å². The van der Waals surface area contributed by atoms with E-state index in [4.69, 9.17) is 4.74 Å². The summed E-state index contributed by atoms with van der Waals surface area (Å²) in [6, 6.07) is 0. The monoisotopic (exact) mass is 239 g/mol. The lowest BCUT2D eigenvalue weighted by Gasteiger charge is -2.33. The van der Waals surface area contributed by atoms with Gasteiger partial charge in [-0.2, -0.15) is 0 Å². The Bertz CT molecular complexity index is 284. The zero-order valence-corrected chi connectivity index (χ0v) is 11.3. The number of hydrogen-bond acceptors (Lipinski definition) is 3. The Morgan fingerprint density at radius 1 is 1.29 bits per heavy atom. The molecule has 0 aromatic rings. The second-order valence-electron chi connectivity index (χ2n) is 6.28. The molecule has 2 fully saturated rings. The lowest BCUT2D eigenvalue weighted by Crippen LogP contribution is -2.37. The van der Waals surface area contributed by atoms with Crippen molar-refractivity contribution in [1.82, 2.24) is 5.32 Å². The Balaban J connectivity index is 1.86. The van der Waals surface area contributed by atoms with Crippen molar-refractivity contribution in [2.45, 2.75) is 52.6 Å². The maximum Gasteiger partial charge on any atom is 0.313 e. The molecule has 0 spiro atoms. The fourth-order valence-corrected chi connectivity index (χ4v) is 2.89. The van der Waals surface area contributed by atoms with Gasteiger partial charge in [-0.1, -0.05) is 13.8 Å². The van der Waals surface area contributed by atoms with Crippen LogP contribution in [0.4, 0.5) is 0 Å². The maximum atomic E-state index is 12.2. The van der Waals surface area contributed by atoms with E-state index in [1.54, 1.807) is 0 Å². The summed E-state index contributed by atoms with van der Waals surface area (Å²) in [5.74, 6) is 1.46. The van der Waals surface area contributed by atoms with Gasteiger partial charge in [0.05, 0.1) is 5.41 Å². The molecule has 1 aliphatic heterocycles. The number of ether oxygens (including phenoxy) is 1. The minimum atomic E-state index is -0.285. The van der Waals surface area contributed by atoms with Crippen molar-refractivity contribution in [1.29, 1.82) is 0 Å². The second kappa shape index (κ2) is 4.97. The van der Waals surface area contributed by atoms with Gasteiger partial charge < -0.3 is 10.1 Å². The van der Waals surface area contributed by atoms with Crippen LogP contribution in [-0.4, -0.2) is 25.2 Å². The van der Waals surface area contributed by atoms with Crippen LogP contribution in [0.2, 0.25) is 0 Å². The normalized spacial score (nSPS) is 42.4. The van der Waals surface area contributed by atoms with Gasteiger partial charge in [0.15, 0.2) is 0 Å². The molecule has 3 nitrogen and oxygen atoms in total. The molecule has 0 bridgehead atoms. The fourth-order valence-electron chi connectivity index (χ4n) is 2.89. The van der Waals surface area contributed by atoms with Gasteiger partial charge >= 0.3 is 5.97 Å². The molecule has 3 heteroatoms. The fraction of sp³-hybridized carbons (Fsp3) is 0.929. The minimum Gasteiger partial charge on any atom is -0.462 e. The molecule has 98 valence electrons. The molecule has 0 radical (unpaired) electrons. The first kappa shape index (κ1) is 12.9. The average Bonchev–Trinajstić information content (AvgIpc) is 2.72. The zero-order chi connectivity index (χ0) is 12.5. The Labute approximate surface area is 104 Å². The van der Waals surface area contributed by atoms with Crippen LogP contribution < -0.4 is 5.32 Å². The van der Waals surface area contributed by atoms with Crippen LogP contribution in [0.15, 0.2) is 0 Å². The highest BCUT2D eigenvalue weighted by atomic mass is 16.5. The summed E-state index contributed by atoms with van der Waals surface area (Å²) in [6.45, 7) is 8.28. The van der Waals surface area contributed by atoms with Crippen molar-refractivity contribution >= 4 is 5.97 Å². The van der Waals surface area contributed by atoms with Gasteiger partial charge in [-0.25, -0.2) is 0 Å². The summed E-state index contributed by atoms with van der Waals surface area (Å²) in [6.07, 6.45) is 4.33. The standard InChI is InChI=1S/C14H25NO2/c1-10-4-5-12(8-11(10)2)17-13(16)14(3)6-7-15-9-14/h10-12,15H,4-9H2,1-3H3. The number of esters is 1.